The lowest BCUT2D eigenvalue weighted by Crippen LogP contribution is -2.37. The molecule has 1 unspecified atom stereocenters. The number of nitrogens with zero attached hydrogens (tertiary/aromatic N) is 2. The largest absolute Gasteiger partial charge is 0.385 e. The van der Waals surface area contributed by atoms with Crippen LogP contribution in [0.2, 0.25) is 0 Å². The summed E-state index contributed by atoms with van der Waals surface area (Å²) in [6.45, 7) is 5.60. The molecule has 0 aliphatic rings. The number of methoxy groups -OCH3 is 1. The second-order valence-electron chi connectivity index (χ2n) is 4.19. The van der Waals surface area contributed by atoms with Gasteiger partial charge in [-0.2, -0.15) is 0 Å². The summed E-state index contributed by atoms with van der Waals surface area (Å²) in [6.07, 6.45) is 2.73. The molecule has 1 aromatic heterocycles. The summed E-state index contributed by atoms with van der Waals surface area (Å²) in [7, 11) is 1.71. The van der Waals surface area contributed by atoms with Crippen molar-refractivity contribution in [2.24, 2.45) is 5.73 Å². The Morgan fingerprint density at radius 1 is 1.47 bits per heavy atom. The number of rotatable bonds is 8. The maximum absolute atomic E-state index is 6.05. The van der Waals surface area contributed by atoms with Gasteiger partial charge in [-0.25, -0.2) is 0 Å². The first-order valence-electron chi connectivity index (χ1n) is 6.13. The molecule has 0 aliphatic carbocycles. The van der Waals surface area contributed by atoms with E-state index < -0.39 is 0 Å². The van der Waals surface area contributed by atoms with Gasteiger partial charge in [0.2, 0.25) is 0 Å². The second kappa shape index (κ2) is 8.17. The summed E-state index contributed by atoms with van der Waals surface area (Å²) < 4.78 is 5.04. The lowest BCUT2D eigenvalue weighted by atomic mass is 10.2. The summed E-state index contributed by atoms with van der Waals surface area (Å²) in [5.74, 6) is 0. The summed E-state index contributed by atoms with van der Waals surface area (Å²) in [4.78, 5) is 6.64. The molecule has 0 aliphatic heterocycles. The molecule has 0 radical (unpaired) electrons. The van der Waals surface area contributed by atoms with E-state index >= 15 is 0 Å². The van der Waals surface area contributed by atoms with Crippen LogP contribution in [0.3, 0.4) is 0 Å². The maximum Gasteiger partial charge on any atom is 0.0543 e. The van der Waals surface area contributed by atoms with Crippen molar-refractivity contribution in [3.05, 3.63) is 30.1 Å². The normalized spacial score (nSPS) is 12.9. The van der Waals surface area contributed by atoms with Gasteiger partial charge in [0.05, 0.1) is 5.69 Å². The summed E-state index contributed by atoms with van der Waals surface area (Å²) in [6, 6.07) is 6.16. The van der Waals surface area contributed by atoms with E-state index in [-0.39, 0.29) is 6.04 Å². The molecule has 4 nitrogen and oxygen atoms in total. The van der Waals surface area contributed by atoms with E-state index in [0.717, 1.165) is 38.4 Å². The van der Waals surface area contributed by atoms with Gasteiger partial charge in [-0.05, 0) is 25.1 Å². The van der Waals surface area contributed by atoms with Gasteiger partial charge in [-0.15, -0.1) is 0 Å². The van der Waals surface area contributed by atoms with Crippen molar-refractivity contribution in [3.8, 4) is 0 Å². The van der Waals surface area contributed by atoms with Crippen molar-refractivity contribution in [2.45, 2.75) is 25.9 Å². The molecule has 0 aromatic carbocycles. The molecule has 0 amide bonds. The molecule has 1 aromatic rings. The van der Waals surface area contributed by atoms with E-state index in [4.69, 9.17) is 10.5 Å². The Morgan fingerprint density at radius 3 is 2.88 bits per heavy atom. The summed E-state index contributed by atoms with van der Waals surface area (Å²) >= 11 is 0. The third-order valence-corrected chi connectivity index (χ3v) is 2.74. The fraction of sp³-hybridized carbons (Fsp3) is 0.615. The van der Waals surface area contributed by atoms with Crippen LogP contribution in [0, 0.1) is 0 Å². The molecule has 0 spiro atoms. The van der Waals surface area contributed by atoms with Crippen molar-refractivity contribution >= 4 is 0 Å². The van der Waals surface area contributed by atoms with Gasteiger partial charge in [0, 0.05) is 39.0 Å². The van der Waals surface area contributed by atoms with Crippen molar-refractivity contribution in [1.82, 2.24) is 9.88 Å². The molecule has 17 heavy (non-hydrogen) atoms. The number of pyridine rings is 1. The van der Waals surface area contributed by atoms with Gasteiger partial charge in [-0.3, -0.25) is 9.88 Å². The van der Waals surface area contributed by atoms with Gasteiger partial charge < -0.3 is 10.5 Å². The number of aromatic nitrogens is 1. The molecule has 0 saturated carbocycles. The Hall–Kier alpha value is -0.970. The van der Waals surface area contributed by atoms with Gasteiger partial charge in [0.1, 0.15) is 0 Å². The van der Waals surface area contributed by atoms with Gasteiger partial charge in [0.25, 0.3) is 0 Å². The van der Waals surface area contributed by atoms with E-state index in [9.17, 15) is 0 Å². The number of hydrogen-bond acceptors (Lipinski definition) is 4. The molecule has 0 fully saturated rings. The molecular formula is C13H23N3O. The number of ether oxygens (including phenoxy) is 1. The zero-order chi connectivity index (χ0) is 12.5. The molecule has 1 atom stereocenters. The van der Waals surface area contributed by atoms with Gasteiger partial charge in [0.15, 0.2) is 0 Å². The Bertz CT molecular complexity index is 292. The first kappa shape index (κ1) is 14.1. The average molecular weight is 237 g/mol. The Balaban J connectivity index is 2.38. The van der Waals surface area contributed by atoms with Crippen LogP contribution in [0.4, 0.5) is 0 Å². The minimum atomic E-state index is 0.165. The number of hydrogen-bond donors (Lipinski definition) is 1. The molecule has 1 rings (SSSR count). The highest BCUT2D eigenvalue weighted by Crippen LogP contribution is 2.02. The fourth-order valence-electron chi connectivity index (χ4n) is 1.72. The number of likely N-dealkylation sites (N-methyl/N-ethyl adjacent to an activating group) is 1. The van der Waals surface area contributed by atoms with Crippen LogP contribution in [-0.4, -0.2) is 42.7 Å². The highest BCUT2D eigenvalue weighted by molar-refractivity contribution is 5.03. The lowest BCUT2D eigenvalue weighted by molar-refractivity contribution is 0.174. The minimum absolute atomic E-state index is 0.165. The van der Waals surface area contributed by atoms with Crippen molar-refractivity contribution in [3.63, 3.8) is 0 Å². The molecule has 4 heteroatoms. The second-order valence-corrected chi connectivity index (χ2v) is 4.19. The molecule has 0 bridgehead atoms. The summed E-state index contributed by atoms with van der Waals surface area (Å²) in [5.41, 5.74) is 7.14. The third kappa shape index (κ3) is 5.77. The highest BCUT2D eigenvalue weighted by Gasteiger charge is 2.09. The molecule has 0 saturated heterocycles. The van der Waals surface area contributed by atoms with Crippen LogP contribution < -0.4 is 5.73 Å². The minimum Gasteiger partial charge on any atom is -0.385 e. The average Bonchev–Trinajstić information content (AvgIpc) is 2.36. The monoisotopic (exact) mass is 237 g/mol. The van der Waals surface area contributed by atoms with Gasteiger partial charge >= 0.3 is 0 Å². The highest BCUT2D eigenvalue weighted by atomic mass is 16.5. The van der Waals surface area contributed by atoms with Crippen molar-refractivity contribution in [2.75, 3.05) is 26.8 Å². The zero-order valence-electron chi connectivity index (χ0n) is 10.8. The van der Waals surface area contributed by atoms with Crippen molar-refractivity contribution < 1.29 is 4.74 Å². The predicted octanol–water partition coefficient (Wildman–Crippen LogP) is 1.27. The maximum atomic E-state index is 6.05. The van der Waals surface area contributed by atoms with Crippen LogP contribution in [0.25, 0.3) is 0 Å². The summed E-state index contributed by atoms with van der Waals surface area (Å²) in [5, 5.41) is 0. The van der Waals surface area contributed by atoms with Crippen LogP contribution in [0.1, 0.15) is 19.0 Å². The van der Waals surface area contributed by atoms with E-state index in [2.05, 4.69) is 16.8 Å². The van der Waals surface area contributed by atoms with E-state index in [1.807, 2.05) is 24.4 Å². The fourth-order valence-corrected chi connectivity index (χ4v) is 1.72. The quantitative estimate of drug-likeness (QED) is 0.739. The van der Waals surface area contributed by atoms with E-state index in [1.54, 1.807) is 7.11 Å². The Labute approximate surface area is 104 Å². The topological polar surface area (TPSA) is 51.4 Å². The molecule has 96 valence electrons. The van der Waals surface area contributed by atoms with Crippen LogP contribution in [0.15, 0.2) is 24.4 Å². The predicted molar refractivity (Wildman–Crippen MR) is 69.7 cm³/mol. The van der Waals surface area contributed by atoms with Gasteiger partial charge in [-0.1, -0.05) is 13.0 Å². The van der Waals surface area contributed by atoms with E-state index in [0.29, 0.717) is 0 Å². The Morgan fingerprint density at radius 2 is 2.29 bits per heavy atom. The molecular weight excluding hydrogens is 214 g/mol. The van der Waals surface area contributed by atoms with Crippen LogP contribution in [-0.2, 0) is 11.3 Å². The Kier molecular flexibility index (Phi) is 6.77. The third-order valence-electron chi connectivity index (χ3n) is 2.74. The molecule has 2 N–H and O–H groups in total. The lowest BCUT2D eigenvalue weighted by Gasteiger charge is -2.23. The smallest absolute Gasteiger partial charge is 0.0543 e. The first-order chi connectivity index (χ1) is 8.26. The molecule has 1 heterocycles. The SMILES string of the molecule is CCN(Cc1ccccn1)CC(N)CCOC. The first-order valence-corrected chi connectivity index (χ1v) is 6.13. The standard InChI is InChI=1S/C13H23N3O/c1-3-16(10-12(14)7-9-17-2)11-13-6-4-5-8-15-13/h4-6,8,12H,3,7,9-11,14H2,1-2H3. The number of nitrogens with two attached hydrogens (primary N) is 1. The van der Waals surface area contributed by atoms with Crippen molar-refractivity contribution in [1.29, 1.82) is 0 Å². The van der Waals surface area contributed by atoms with E-state index in [1.165, 1.54) is 0 Å². The van der Waals surface area contributed by atoms with Crippen LogP contribution in [0.5, 0.6) is 0 Å². The van der Waals surface area contributed by atoms with Crippen LogP contribution >= 0.6 is 0 Å². The zero-order valence-corrected chi connectivity index (χ0v) is 10.8.